The summed E-state index contributed by atoms with van der Waals surface area (Å²) in [5, 5.41) is 0. The zero-order valence-electron chi connectivity index (χ0n) is 6.49. The van der Waals surface area contributed by atoms with E-state index in [0.717, 1.165) is 11.4 Å². The number of allylic oxidation sites excluding steroid dienone is 2. The van der Waals surface area contributed by atoms with Crippen molar-refractivity contribution >= 4 is 6.08 Å². The molecule has 0 aliphatic rings. The maximum absolute atomic E-state index is 4.21. The molecule has 0 amide bonds. The summed E-state index contributed by atoms with van der Waals surface area (Å²) in [6, 6.07) is 0. The van der Waals surface area contributed by atoms with E-state index in [-0.39, 0.29) is 0 Å². The molecule has 56 valence electrons. The summed E-state index contributed by atoms with van der Waals surface area (Å²) in [6.45, 7) is 5.48. The molecule has 0 radical (unpaired) electrons. The van der Waals surface area contributed by atoms with Crippen molar-refractivity contribution in [2.75, 3.05) is 0 Å². The van der Waals surface area contributed by atoms with Crippen LogP contribution in [0.3, 0.4) is 0 Å². The van der Waals surface area contributed by atoms with Gasteiger partial charge in [0.05, 0.1) is 17.6 Å². The van der Waals surface area contributed by atoms with Gasteiger partial charge < -0.3 is 0 Å². The second kappa shape index (κ2) is 3.66. The van der Waals surface area contributed by atoms with Crippen molar-refractivity contribution < 1.29 is 0 Å². The second-order valence-corrected chi connectivity index (χ2v) is 2.18. The summed E-state index contributed by atoms with van der Waals surface area (Å²) < 4.78 is 0. The van der Waals surface area contributed by atoms with Crippen molar-refractivity contribution in [3.8, 4) is 0 Å². The molecular formula is C9H10N2. The molecule has 0 saturated heterocycles. The number of aromatic nitrogens is 2. The van der Waals surface area contributed by atoms with E-state index in [2.05, 4.69) is 16.5 Å². The molecule has 11 heavy (non-hydrogen) atoms. The largest absolute Gasteiger partial charge is 0.261 e. The Morgan fingerprint density at radius 1 is 1.45 bits per heavy atom. The highest BCUT2D eigenvalue weighted by Gasteiger charge is 1.87. The van der Waals surface area contributed by atoms with Crippen LogP contribution in [0.1, 0.15) is 11.4 Å². The monoisotopic (exact) mass is 146 g/mol. The Hall–Kier alpha value is -1.44. The van der Waals surface area contributed by atoms with E-state index in [1.54, 1.807) is 18.5 Å². The van der Waals surface area contributed by atoms with Crippen LogP contribution in [0.4, 0.5) is 0 Å². The summed E-state index contributed by atoms with van der Waals surface area (Å²) in [5.74, 6) is 0. The van der Waals surface area contributed by atoms with Gasteiger partial charge in [-0.1, -0.05) is 18.7 Å². The number of aryl methyl sites for hydroxylation is 1. The molecule has 1 heterocycles. The minimum atomic E-state index is 0.866. The van der Waals surface area contributed by atoms with E-state index in [9.17, 15) is 0 Å². The van der Waals surface area contributed by atoms with Gasteiger partial charge in [0.2, 0.25) is 0 Å². The van der Waals surface area contributed by atoms with E-state index in [1.165, 1.54) is 0 Å². The van der Waals surface area contributed by atoms with Crippen LogP contribution in [-0.2, 0) is 0 Å². The number of hydrogen-bond donors (Lipinski definition) is 0. The molecule has 2 heteroatoms. The van der Waals surface area contributed by atoms with Crippen molar-refractivity contribution in [2.24, 2.45) is 0 Å². The molecule has 2 nitrogen and oxygen atoms in total. The van der Waals surface area contributed by atoms with Gasteiger partial charge in [-0.3, -0.25) is 9.97 Å². The molecule has 0 saturated carbocycles. The van der Waals surface area contributed by atoms with Crippen molar-refractivity contribution in [1.82, 2.24) is 9.97 Å². The Morgan fingerprint density at radius 3 is 2.91 bits per heavy atom. The van der Waals surface area contributed by atoms with Crippen LogP contribution in [0.15, 0.2) is 31.1 Å². The fourth-order valence-electron chi connectivity index (χ4n) is 0.730. The number of nitrogens with zero attached hydrogens (tertiary/aromatic N) is 2. The van der Waals surface area contributed by atoms with E-state index < -0.39 is 0 Å². The predicted octanol–water partition coefficient (Wildman–Crippen LogP) is 1.98. The van der Waals surface area contributed by atoms with Gasteiger partial charge >= 0.3 is 0 Å². The van der Waals surface area contributed by atoms with Gasteiger partial charge in [0, 0.05) is 6.20 Å². The van der Waals surface area contributed by atoms with E-state index in [0.29, 0.717) is 0 Å². The molecule has 1 rings (SSSR count). The number of hydrogen-bond acceptors (Lipinski definition) is 2. The van der Waals surface area contributed by atoms with Crippen LogP contribution in [-0.4, -0.2) is 9.97 Å². The first kappa shape index (κ1) is 7.66. The summed E-state index contributed by atoms with van der Waals surface area (Å²) in [6.07, 6.45) is 8.86. The molecule has 1 aromatic rings. The SMILES string of the molecule is C=CC=Cc1cncc(C)n1. The molecular weight excluding hydrogens is 136 g/mol. The fraction of sp³-hybridized carbons (Fsp3) is 0.111. The zero-order chi connectivity index (χ0) is 8.10. The first-order chi connectivity index (χ1) is 5.33. The van der Waals surface area contributed by atoms with E-state index >= 15 is 0 Å². The van der Waals surface area contributed by atoms with E-state index in [4.69, 9.17) is 0 Å². The first-order valence-electron chi connectivity index (χ1n) is 3.40. The van der Waals surface area contributed by atoms with E-state index in [1.807, 2.05) is 19.1 Å². The van der Waals surface area contributed by atoms with Crippen LogP contribution in [0, 0.1) is 6.92 Å². The lowest BCUT2D eigenvalue weighted by atomic mass is 10.3. The molecule has 0 atom stereocenters. The summed E-state index contributed by atoms with van der Waals surface area (Å²) in [5.41, 5.74) is 1.79. The topological polar surface area (TPSA) is 25.8 Å². The molecule has 0 spiro atoms. The van der Waals surface area contributed by atoms with Crippen LogP contribution >= 0.6 is 0 Å². The predicted molar refractivity (Wildman–Crippen MR) is 46.0 cm³/mol. The molecule has 1 aromatic heterocycles. The highest BCUT2D eigenvalue weighted by molar-refractivity contribution is 5.45. The molecule has 0 aliphatic carbocycles. The highest BCUT2D eigenvalue weighted by Crippen LogP contribution is 1.96. The third-order valence-corrected chi connectivity index (χ3v) is 1.18. The quantitative estimate of drug-likeness (QED) is 0.596. The maximum Gasteiger partial charge on any atom is 0.0816 e. The zero-order valence-corrected chi connectivity index (χ0v) is 6.49. The second-order valence-electron chi connectivity index (χ2n) is 2.18. The summed E-state index contributed by atoms with van der Waals surface area (Å²) in [4.78, 5) is 8.20. The standard InChI is InChI=1S/C9H10N2/c1-3-4-5-9-7-10-6-8(2)11-9/h3-7H,1H2,2H3. The minimum absolute atomic E-state index is 0.866. The highest BCUT2D eigenvalue weighted by atomic mass is 14.8. The molecule has 0 fully saturated rings. The Balaban J connectivity index is 2.87. The van der Waals surface area contributed by atoms with Crippen LogP contribution in [0.25, 0.3) is 6.08 Å². The van der Waals surface area contributed by atoms with Crippen molar-refractivity contribution in [3.63, 3.8) is 0 Å². The lowest BCUT2D eigenvalue weighted by Gasteiger charge is -1.91. The van der Waals surface area contributed by atoms with Crippen LogP contribution < -0.4 is 0 Å². The lowest BCUT2D eigenvalue weighted by molar-refractivity contribution is 1.10. The summed E-state index contributed by atoms with van der Waals surface area (Å²) >= 11 is 0. The Morgan fingerprint density at radius 2 is 2.27 bits per heavy atom. The third kappa shape index (κ3) is 2.34. The van der Waals surface area contributed by atoms with Gasteiger partial charge in [0.1, 0.15) is 0 Å². The molecule has 0 aliphatic heterocycles. The molecule has 0 N–H and O–H groups in total. The van der Waals surface area contributed by atoms with Crippen LogP contribution in [0.2, 0.25) is 0 Å². The van der Waals surface area contributed by atoms with Crippen molar-refractivity contribution in [3.05, 3.63) is 42.5 Å². The Kier molecular flexibility index (Phi) is 2.55. The molecule has 0 unspecified atom stereocenters. The van der Waals surface area contributed by atoms with Gasteiger partial charge in [-0.25, -0.2) is 0 Å². The summed E-state index contributed by atoms with van der Waals surface area (Å²) in [7, 11) is 0. The average molecular weight is 146 g/mol. The van der Waals surface area contributed by atoms with Crippen molar-refractivity contribution in [2.45, 2.75) is 6.92 Å². The molecule has 0 aromatic carbocycles. The van der Waals surface area contributed by atoms with Gasteiger partial charge in [-0.2, -0.15) is 0 Å². The smallest absolute Gasteiger partial charge is 0.0816 e. The Bertz CT molecular complexity index is 277. The lowest BCUT2D eigenvalue weighted by Crippen LogP contribution is -1.86. The number of rotatable bonds is 2. The molecule has 0 bridgehead atoms. The third-order valence-electron chi connectivity index (χ3n) is 1.18. The van der Waals surface area contributed by atoms with Gasteiger partial charge in [-0.15, -0.1) is 0 Å². The average Bonchev–Trinajstić information content (AvgIpc) is 2.01. The normalized spacial score (nSPS) is 10.3. The fourth-order valence-corrected chi connectivity index (χ4v) is 0.730. The first-order valence-corrected chi connectivity index (χ1v) is 3.40. The van der Waals surface area contributed by atoms with Gasteiger partial charge in [0.25, 0.3) is 0 Å². The van der Waals surface area contributed by atoms with Crippen molar-refractivity contribution in [1.29, 1.82) is 0 Å². The van der Waals surface area contributed by atoms with Gasteiger partial charge in [-0.05, 0) is 13.0 Å². The minimum Gasteiger partial charge on any atom is -0.261 e. The maximum atomic E-state index is 4.21. The van der Waals surface area contributed by atoms with Crippen LogP contribution in [0.5, 0.6) is 0 Å². The Labute approximate surface area is 66.3 Å². The van der Waals surface area contributed by atoms with Gasteiger partial charge in [0.15, 0.2) is 0 Å².